The summed E-state index contributed by atoms with van der Waals surface area (Å²) >= 11 is 0. The van der Waals surface area contributed by atoms with Gasteiger partial charge in [-0.25, -0.2) is 0 Å². The zero-order chi connectivity index (χ0) is 12.3. The molecule has 0 radical (unpaired) electrons. The van der Waals surface area contributed by atoms with Crippen molar-refractivity contribution in [2.24, 2.45) is 5.41 Å². The van der Waals surface area contributed by atoms with Crippen LogP contribution in [0.5, 0.6) is 0 Å². The van der Waals surface area contributed by atoms with Gasteiger partial charge in [-0.1, -0.05) is 0 Å². The van der Waals surface area contributed by atoms with Crippen molar-refractivity contribution in [1.29, 1.82) is 0 Å². The molecule has 98 valence electrons. The summed E-state index contributed by atoms with van der Waals surface area (Å²) in [6, 6.07) is 0. The summed E-state index contributed by atoms with van der Waals surface area (Å²) in [4.78, 5) is 10.7. The van der Waals surface area contributed by atoms with E-state index in [0.29, 0.717) is 11.5 Å². The van der Waals surface area contributed by atoms with E-state index in [-0.39, 0.29) is 17.9 Å². The van der Waals surface area contributed by atoms with Crippen LogP contribution >= 0.6 is 0 Å². The van der Waals surface area contributed by atoms with Gasteiger partial charge in [0.1, 0.15) is 0 Å². The molecule has 1 saturated heterocycles. The van der Waals surface area contributed by atoms with Crippen LogP contribution < -0.4 is 0 Å². The second-order valence-electron chi connectivity index (χ2n) is 5.31. The van der Waals surface area contributed by atoms with E-state index in [9.17, 15) is 9.00 Å². The predicted octanol–water partition coefficient (Wildman–Crippen LogP) is 1.56. The van der Waals surface area contributed by atoms with Crippen LogP contribution in [0.15, 0.2) is 0 Å². The van der Waals surface area contributed by atoms with E-state index in [1.807, 2.05) is 0 Å². The van der Waals surface area contributed by atoms with E-state index < -0.39 is 16.8 Å². The van der Waals surface area contributed by atoms with Crippen molar-refractivity contribution in [3.05, 3.63) is 0 Å². The van der Waals surface area contributed by atoms with Crippen molar-refractivity contribution in [3.8, 4) is 0 Å². The first-order chi connectivity index (χ1) is 8.10. The fraction of sp³-hybridized carbons (Fsp3) is 0.917. The van der Waals surface area contributed by atoms with E-state index in [0.717, 1.165) is 38.7 Å². The highest BCUT2D eigenvalue weighted by molar-refractivity contribution is 7.85. The molecule has 5 heteroatoms. The van der Waals surface area contributed by atoms with E-state index >= 15 is 0 Å². The SMILES string of the molecule is O=C(O)CC1(CS(=O)CC2CCCCO2)CC1. The van der Waals surface area contributed by atoms with Crippen LogP contribution in [0.3, 0.4) is 0 Å². The summed E-state index contributed by atoms with van der Waals surface area (Å²) in [5, 5.41) is 8.80. The number of aliphatic carboxylic acids is 1. The number of carboxylic acid groups (broad SMARTS) is 1. The van der Waals surface area contributed by atoms with Crippen LogP contribution in [0.4, 0.5) is 0 Å². The van der Waals surface area contributed by atoms with Crippen LogP contribution in [0.1, 0.15) is 38.5 Å². The summed E-state index contributed by atoms with van der Waals surface area (Å²) in [7, 11) is -0.929. The van der Waals surface area contributed by atoms with Gasteiger partial charge in [0.05, 0.1) is 12.5 Å². The van der Waals surface area contributed by atoms with Crippen molar-refractivity contribution >= 4 is 16.8 Å². The summed E-state index contributed by atoms with van der Waals surface area (Å²) in [5.74, 6) is 0.356. The average molecular weight is 260 g/mol. The van der Waals surface area contributed by atoms with Crippen LogP contribution in [0.25, 0.3) is 0 Å². The minimum absolute atomic E-state index is 0.130. The average Bonchev–Trinajstić information content (AvgIpc) is 2.97. The fourth-order valence-electron chi connectivity index (χ4n) is 2.42. The molecule has 2 atom stereocenters. The van der Waals surface area contributed by atoms with E-state index in [4.69, 9.17) is 9.84 Å². The number of carbonyl (C=O) groups is 1. The van der Waals surface area contributed by atoms with Crippen molar-refractivity contribution in [2.45, 2.75) is 44.6 Å². The Kier molecular flexibility index (Phi) is 4.20. The number of ether oxygens (including phenoxy) is 1. The first kappa shape index (κ1) is 13.0. The Bertz CT molecular complexity index is 306. The monoisotopic (exact) mass is 260 g/mol. The summed E-state index contributed by atoms with van der Waals surface area (Å²) in [6.45, 7) is 0.780. The molecule has 1 N–H and O–H groups in total. The van der Waals surface area contributed by atoms with Crippen molar-refractivity contribution in [1.82, 2.24) is 0 Å². The lowest BCUT2D eigenvalue weighted by Crippen LogP contribution is -2.28. The van der Waals surface area contributed by atoms with Crippen LogP contribution in [0.2, 0.25) is 0 Å². The summed E-state index contributed by atoms with van der Waals surface area (Å²) in [5.41, 5.74) is -0.161. The first-order valence-electron chi connectivity index (χ1n) is 6.28. The van der Waals surface area contributed by atoms with Gasteiger partial charge in [0.2, 0.25) is 0 Å². The Morgan fingerprint density at radius 3 is 2.71 bits per heavy atom. The first-order valence-corrected chi connectivity index (χ1v) is 7.77. The maximum Gasteiger partial charge on any atom is 0.303 e. The lowest BCUT2D eigenvalue weighted by atomic mass is 10.1. The van der Waals surface area contributed by atoms with Gasteiger partial charge in [-0.05, 0) is 37.5 Å². The van der Waals surface area contributed by atoms with Crippen LogP contribution in [-0.2, 0) is 20.3 Å². The molecule has 1 saturated carbocycles. The number of hydrogen-bond donors (Lipinski definition) is 1. The van der Waals surface area contributed by atoms with Crippen molar-refractivity contribution < 1.29 is 18.8 Å². The quantitative estimate of drug-likeness (QED) is 0.787. The molecule has 2 rings (SSSR count). The Morgan fingerprint density at radius 2 is 2.18 bits per heavy atom. The number of rotatable bonds is 6. The largest absolute Gasteiger partial charge is 0.481 e. The van der Waals surface area contributed by atoms with Gasteiger partial charge in [-0.15, -0.1) is 0 Å². The van der Waals surface area contributed by atoms with Gasteiger partial charge in [0.15, 0.2) is 0 Å². The topological polar surface area (TPSA) is 63.6 Å². The maximum atomic E-state index is 12.0. The second kappa shape index (κ2) is 5.48. The highest BCUT2D eigenvalue weighted by Gasteiger charge is 2.45. The molecule has 2 aliphatic rings. The summed E-state index contributed by atoms with van der Waals surface area (Å²) < 4.78 is 17.5. The lowest BCUT2D eigenvalue weighted by Gasteiger charge is -2.23. The zero-order valence-corrected chi connectivity index (χ0v) is 10.8. The lowest BCUT2D eigenvalue weighted by molar-refractivity contribution is -0.138. The molecule has 0 amide bonds. The van der Waals surface area contributed by atoms with E-state index in [1.54, 1.807) is 0 Å². The Hall–Kier alpha value is -0.420. The third-order valence-electron chi connectivity index (χ3n) is 3.60. The molecule has 17 heavy (non-hydrogen) atoms. The van der Waals surface area contributed by atoms with Gasteiger partial charge < -0.3 is 9.84 Å². The Balaban J connectivity index is 1.75. The molecule has 0 bridgehead atoms. The van der Waals surface area contributed by atoms with Crippen molar-refractivity contribution in [3.63, 3.8) is 0 Å². The van der Waals surface area contributed by atoms with Gasteiger partial charge in [-0.2, -0.15) is 0 Å². The molecule has 0 aromatic heterocycles. The standard InChI is InChI=1S/C12H20O4S/c13-11(14)7-12(4-5-12)9-17(15)8-10-3-1-2-6-16-10/h10H,1-9H2,(H,13,14). The number of hydrogen-bond acceptors (Lipinski definition) is 3. The molecular formula is C12H20O4S. The second-order valence-corrected chi connectivity index (χ2v) is 6.81. The third kappa shape index (κ3) is 4.07. The highest BCUT2D eigenvalue weighted by Crippen LogP contribution is 2.49. The van der Waals surface area contributed by atoms with Crippen molar-refractivity contribution in [2.75, 3.05) is 18.1 Å². The molecular weight excluding hydrogens is 240 g/mol. The minimum Gasteiger partial charge on any atom is -0.481 e. The van der Waals surface area contributed by atoms with E-state index in [2.05, 4.69) is 0 Å². The third-order valence-corrected chi connectivity index (χ3v) is 5.27. The smallest absolute Gasteiger partial charge is 0.303 e. The molecule has 0 aromatic carbocycles. The van der Waals surface area contributed by atoms with Crippen LogP contribution in [0, 0.1) is 5.41 Å². The minimum atomic E-state index is -0.929. The molecule has 0 spiro atoms. The Labute approximate surface area is 104 Å². The molecule has 1 aliphatic carbocycles. The molecule has 2 unspecified atom stereocenters. The van der Waals surface area contributed by atoms with Crippen LogP contribution in [-0.4, -0.2) is 39.5 Å². The number of carboxylic acids is 1. The molecule has 2 fully saturated rings. The van der Waals surface area contributed by atoms with Gasteiger partial charge >= 0.3 is 5.97 Å². The van der Waals surface area contributed by atoms with Gasteiger partial charge in [0.25, 0.3) is 0 Å². The zero-order valence-electron chi connectivity index (χ0n) is 10.0. The van der Waals surface area contributed by atoms with E-state index in [1.165, 1.54) is 0 Å². The fourth-order valence-corrected chi connectivity index (χ4v) is 4.29. The molecule has 0 aromatic rings. The molecule has 1 heterocycles. The Morgan fingerprint density at radius 1 is 1.41 bits per heavy atom. The molecule has 4 nitrogen and oxygen atoms in total. The molecule has 1 aliphatic heterocycles. The van der Waals surface area contributed by atoms with Gasteiger partial charge in [-0.3, -0.25) is 9.00 Å². The van der Waals surface area contributed by atoms with Gasteiger partial charge in [0, 0.05) is 28.9 Å². The predicted molar refractivity (Wildman–Crippen MR) is 65.4 cm³/mol. The maximum absolute atomic E-state index is 12.0. The summed E-state index contributed by atoms with van der Waals surface area (Å²) in [6.07, 6.45) is 5.38. The highest BCUT2D eigenvalue weighted by atomic mass is 32.2. The normalized spacial score (nSPS) is 28.6.